The van der Waals surface area contributed by atoms with Gasteiger partial charge in [0.25, 0.3) is 0 Å². The lowest BCUT2D eigenvalue weighted by Crippen LogP contribution is -2.09. The number of para-hydroxylation sites is 1. The Bertz CT molecular complexity index is 920. The van der Waals surface area contributed by atoms with Crippen molar-refractivity contribution in [2.45, 2.75) is 19.4 Å². The number of carboxylic acid groups (broad SMARTS) is 1. The molecule has 1 aliphatic carbocycles. The van der Waals surface area contributed by atoms with Gasteiger partial charge < -0.3 is 9.67 Å². The first-order valence-electron chi connectivity index (χ1n) is 7.81. The van der Waals surface area contributed by atoms with Crippen LogP contribution in [-0.4, -0.2) is 15.6 Å². The molecule has 0 unspecified atom stereocenters. The van der Waals surface area contributed by atoms with E-state index in [1.165, 1.54) is 16.8 Å². The monoisotopic (exact) mass is 303 g/mol. The highest BCUT2D eigenvalue weighted by Gasteiger charge is 2.21. The van der Waals surface area contributed by atoms with Gasteiger partial charge in [-0.1, -0.05) is 54.6 Å². The van der Waals surface area contributed by atoms with Crippen molar-refractivity contribution in [3.8, 4) is 0 Å². The highest BCUT2D eigenvalue weighted by atomic mass is 16.4. The van der Waals surface area contributed by atoms with Gasteiger partial charge in [0.2, 0.25) is 0 Å². The van der Waals surface area contributed by atoms with Crippen molar-refractivity contribution in [3.63, 3.8) is 0 Å². The number of hydrogen-bond donors (Lipinski definition) is 1. The Morgan fingerprint density at radius 3 is 2.57 bits per heavy atom. The summed E-state index contributed by atoms with van der Waals surface area (Å²) in [7, 11) is 0. The van der Waals surface area contributed by atoms with E-state index in [9.17, 15) is 9.90 Å². The minimum Gasteiger partial charge on any atom is -0.478 e. The maximum Gasteiger partial charge on any atom is 0.337 e. The van der Waals surface area contributed by atoms with Gasteiger partial charge in [-0.05, 0) is 23.6 Å². The second kappa shape index (κ2) is 5.43. The van der Waals surface area contributed by atoms with Gasteiger partial charge in [-0.2, -0.15) is 0 Å². The van der Waals surface area contributed by atoms with Gasteiger partial charge in [-0.15, -0.1) is 0 Å². The third-order valence-corrected chi connectivity index (χ3v) is 4.52. The molecule has 1 N–H and O–H groups in total. The molecule has 4 rings (SSSR count). The molecule has 114 valence electrons. The lowest BCUT2D eigenvalue weighted by atomic mass is 10.0. The molecule has 0 amide bonds. The molecule has 0 aliphatic heterocycles. The molecule has 3 aromatic rings. The van der Waals surface area contributed by atoms with E-state index in [4.69, 9.17) is 0 Å². The molecular formula is C20H17NO2. The first-order chi connectivity index (χ1) is 11.3. The normalized spacial score (nSPS) is 13.2. The molecule has 0 radical (unpaired) electrons. The van der Waals surface area contributed by atoms with Gasteiger partial charge in [-0.25, -0.2) is 4.79 Å². The standard InChI is InChI=1S/C20H17NO2/c22-20(23)17-11-6-10-16-15-9-4-5-12-18(15)21(19(16)17)13-14-7-2-1-3-8-14/h1-8,10-11H,9,12-13H2,(H,22,23). The lowest BCUT2D eigenvalue weighted by molar-refractivity contribution is 0.0698. The van der Waals surface area contributed by atoms with Gasteiger partial charge in [0.05, 0.1) is 11.1 Å². The largest absolute Gasteiger partial charge is 0.478 e. The molecule has 23 heavy (non-hydrogen) atoms. The predicted molar refractivity (Wildman–Crippen MR) is 91.0 cm³/mol. The van der Waals surface area contributed by atoms with E-state index < -0.39 is 5.97 Å². The maximum atomic E-state index is 11.7. The van der Waals surface area contributed by atoms with Crippen molar-refractivity contribution >= 4 is 16.9 Å². The molecule has 0 fully saturated rings. The minimum atomic E-state index is -0.868. The number of aromatic carboxylic acids is 1. The highest BCUT2D eigenvalue weighted by Crippen LogP contribution is 2.32. The molecule has 1 aliphatic rings. The summed E-state index contributed by atoms with van der Waals surface area (Å²) in [6.07, 6.45) is 6.07. The van der Waals surface area contributed by atoms with Crippen LogP contribution in [0.2, 0.25) is 0 Å². The third kappa shape index (κ3) is 2.25. The van der Waals surface area contributed by atoms with E-state index in [2.05, 4.69) is 28.9 Å². The zero-order valence-electron chi connectivity index (χ0n) is 12.7. The summed E-state index contributed by atoms with van der Waals surface area (Å²) < 4.78 is 2.19. The van der Waals surface area contributed by atoms with Crippen molar-refractivity contribution in [3.05, 3.63) is 83.1 Å². The van der Waals surface area contributed by atoms with Crippen molar-refractivity contribution < 1.29 is 9.90 Å². The molecule has 0 saturated heterocycles. The summed E-state index contributed by atoms with van der Waals surface area (Å²) in [5.41, 5.74) is 4.91. The predicted octanol–water partition coefficient (Wildman–Crippen LogP) is 4.04. The Balaban J connectivity index is 1.99. The zero-order chi connectivity index (χ0) is 15.8. The molecule has 1 aromatic heterocycles. The summed E-state index contributed by atoms with van der Waals surface area (Å²) in [4.78, 5) is 11.7. The van der Waals surface area contributed by atoms with Crippen molar-refractivity contribution in [1.82, 2.24) is 4.57 Å². The quantitative estimate of drug-likeness (QED) is 0.742. The Kier molecular flexibility index (Phi) is 3.27. The van der Waals surface area contributed by atoms with Gasteiger partial charge in [-0.3, -0.25) is 0 Å². The molecule has 0 spiro atoms. The first kappa shape index (κ1) is 13.8. The Morgan fingerprint density at radius 1 is 1.00 bits per heavy atom. The Labute approximate surface area is 134 Å². The van der Waals surface area contributed by atoms with E-state index in [0.29, 0.717) is 12.1 Å². The molecule has 2 aromatic carbocycles. The lowest BCUT2D eigenvalue weighted by Gasteiger charge is -2.13. The van der Waals surface area contributed by atoms with Crippen LogP contribution in [0, 0.1) is 0 Å². The number of nitrogens with zero attached hydrogens (tertiary/aromatic N) is 1. The topological polar surface area (TPSA) is 42.2 Å². The summed E-state index contributed by atoms with van der Waals surface area (Å²) in [5, 5.41) is 10.7. The van der Waals surface area contributed by atoms with Crippen LogP contribution in [0.1, 0.15) is 27.2 Å². The van der Waals surface area contributed by atoms with Crippen LogP contribution in [0.25, 0.3) is 10.9 Å². The number of aromatic nitrogens is 1. The van der Waals surface area contributed by atoms with E-state index in [1.54, 1.807) is 6.07 Å². The Morgan fingerprint density at radius 2 is 1.78 bits per heavy atom. The maximum absolute atomic E-state index is 11.7. The summed E-state index contributed by atoms with van der Waals surface area (Å²) in [6.45, 7) is 0.699. The van der Waals surface area contributed by atoms with Crippen LogP contribution in [0.3, 0.4) is 0 Å². The number of fused-ring (bicyclic) bond motifs is 3. The van der Waals surface area contributed by atoms with E-state index >= 15 is 0 Å². The smallest absolute Gasteiger partial charge is 0.337 e. The van der Waals surface area contributed by atoms with Crippen LogP contribution in [-0.2, 0) is 19.4 Å². The van der Waals surface area contributed by atoms with Crippen LogP contribution in [0.4, 0.5) is 0 Å². The van der Waals surface area contributed by atoms with Crippen LogP contribution in [0.15, 0.2) is 60.7 Å². The van der Waals surface area contributed by atoms with Crippen LogP contribution >= 0.6 is 0 Å². The number of benzene rings is 2. The second-order valence-electron chi connectivity index (χ2n) is 5.88. The summed E-state index contributed by atoms with van der Waals surface area (Å²) in [5.74, 6) is -0.868. The summed E-state index contributed by atoms with van der Waals surface area (Å²) >= 11 is 0. The minimum absolute atomic E-state index is 0.382. The molecule has 0 bridgehead atoms. The number of rotatable bonds is 3. The Hall–Kier alpha value is -2.81. The van der Waals surface area contributed by atoms with Crippen molar-refractivity contribution in [2.24, 2.45) is 0 Å². The molecule has 1 heterocycles. The van der Waals surface area contributed by atoms with E-state index in [0.717, 1.165) is 23.7 Å². The van der Waals surface area contributed by atoms with Gasteiger partial charge in [0.15, 0.2) is 0 Å². The fourth-order valence-electron chi connectivity index (χ4n) is 3.50. The van der Waals surface area contributed by atoms with Crippen molar-refractivity contribution in [1.29, 1.82) is 0 Å². The fraction of sp³-hybridized carbons (Fsp3) is 0.150. The molecule has 0 atom stereocenters. The van der Waals surface area contributed by atoms with Gasteiger partial charge in [0.1, 0.15) is 0 Å². The van der Waals surface area contributed by atoms with Crippen LogP contribution in [0.5, 0.6) is 0 Å². The molecule has 0 saturated carbocycles. The van der Waals surface area contributed by atoms with E-state index in [-0.39, 0.29) is 0 Å². The molecular weight excluding hydrogens is 286 g/mol. The first-order valence-corrected chi connectivity index (χ1v) is 7.81. The molecule has 3 heteroatoms. The van der Waals surface area contributed by atoms with Gasteiger partial charge >= 0.3 is 5.97 Å². The summed E-state index contributed by atoms with van der Waals surface area (Å²) in [6, 6.07) is 15.8. The van der Waals surface area contributed by atoms with E-state index in [1.807, 2.05) is 30.3 Å². The second-order valence-corrected chi connectivity index (χ2v) is 5.88. The number of hydrogen-bond acceptors (Lipinski definition) is 1. The van der Waals surface area contributed by atoms with Crippen molar-refractivity contribution in [2.75, 3.05) is 0 Å². The average molecular weight is 303 g/mol. The number of allylic oxidation sites excluding steroid dienone is 2. The fourth-order valence-corrected chi connectivity index (χ4v) is 3.50. The highest BCUT2D eigenvalue weighted by molar-refractivity contribution is 6.04. The van der Waals surface area contributed by atoms with Gasteiger partial charge in [0, 0.05) is 24.0 Å². The zero-order valence-corrected chi connectivity index (χ0v) is 12.7. The average Bonchev–Trinajstić information content (AvgIpc) is 2.90. The molecule has 3 nitrogen and oxygen atoms in total. The SMILES string of the molecule is O=C(O)c1cccc2c3c(n(Cc4ccccc4)c12)CC=CC3. The number of carbonyl (C=O) groups is 1. The number of carboxylic acids is 1. The van der Waals surface area contributed by atoms with Crippen LogP contribution < -0.4 is 0 Å². The third-order valence-electron chi connectivity index (χ3n) is 4.52.